The van der Waals surface area contributed by atoms with Gasteiger partial charge in [0.2, 0.25) is 0 Å². The fourth-order valence-corrected chi connectivity index (χ4v) is 1.90. The summed E-state index contributed by atoms with van der Waals surface area (Å²) in [4.78, 5) is 4.09. The smallest absolute Gasteiger partial charge is 0.148 e. The minimum Gasteiger partial charge on any atom is -0.455 e. The Morgan fingerprint density at radius 3 is 2.44 bits per heavy atom. The van der Waals surface area contributed by atoms with Crippen molar-refractivity contribution in [1.29, 1.82) is 0 Å². The fourth-order valence-electron chi connectivity index (χ4n) is 1.90. The molecule has 94 valence electrons. The maximum atomic E-state index is 5.84. The summed E-state index contributed by atoms with van der Waals surface area (Å²) in [5, 5.41) is 2.75. The lowest BCUT2D eigenvalue weighted by atomic mass is 10.1. The van der Waals surface area contributed by atoms with Crippen molar-refractivity contribution in [3.05, 3.63) is 53.9 Å². The van der Waals surface area contributed by atoms with Crippen LogP contribution in [0.3, 0.4) is 0 Å². The highest BCUT2D eigenvalue weighted by molar-refractivity contribution is 5.43. The highest BCUT2D eigenvalue weighted by Gasteiger charge is 2.13. The molecule has 1 aromatic carbocycles. The van der Waals surface area contributed by atoms with Gasteiger partial charge in [-0.15, -0.1) is 0 Å². The van der Waals surface area contributed by atoms with Gasteiger partial charge < -0.3 is 10.1 Å². The second-order valence-electron chi connectivity index (χ2n) is 4.19. The Kier molecular flexibility index (Phi) is 4.31. The zero-order chi connectivity index (χ0) is 12.8. The monoisotopic (exact) mass is 242 g/mol. The first-order valence-electron chi connectivity index (χ1n) is 6.12. The molecule has 0 saturated heterocycles. The summed E-state index contributed by atoms with van der Waals surface area (Å²) in [6.45, 7) is 0. The maximum Gasteiger partial charge on any atom is 0.148 e. The van der Waals surface area contributed by atoms with Gasteiger partial charge in [0, 0.05) is 6.20 Å². The first kappa shape index (κ1) is 12.6. The Balaban J connectivity index is 0.000000367. The summed E-state index contributed by atoms with van der Waals surface area (Å²) >= 11 is 0. The lowest BCUT2D eigenvalue weighted by molar-refractivity contribution is 0.477. The topological polar surface area (TPSA) is 34.2 Å². The number of pyridine rings is 1. The number of hydrogen-bond acceptors (Lipinski definition) is 3. The first-order valence-corrected chi connectivity index (χ1v) is 6.12. The van der Waals surface area contributed by atoms with Gasteiger partial charge >= 0.3 is 0 Å². The van der Waals surface area contributed by atoms with Crippen LogP contribution in [0.25, 0.3) is 0 Å². The maximum absolute atomic E-state index is 5.84. The van der Waals surface area contributed by atoms with Gasteiger partial charge in [-0.2, -0.15) is 0 Å². The molecule has 1 aliphatic rings. The van der Waals surface area contributed by atoms with Gasteiger partial charge in [0.1, 0.15) is 11.5 Å². The highest BCUT2D eigenvalue weighted by atomic mass is 16.5. The van der Waals surface area contributed by atoms with Crippen molar-refractivity contribution >= 4 is 0 Å². The SMILES string of the molecule is CNC.c1ccc2c(c1)CCc1ccncc1O2. The van der Waals surface area contributed by atoms with Crippen LogP contribution in [0.4, 0.5) is 0 Å². The average Bonchev–Trinajstić information content (AvgIpc) is 2.58. The van der Waals surface area contributed by atoms with Gasteiger partial charge in [-0.3, -0.25) is 4.98 Å². The molecular weight excluding hydrogens is 224 g/mol. The molecule has 0 spiro atoms. The fraction of sp³-hybridized carbons (Fsp3) is 0.267. The molecule has 0 radical (unpaired) electrons. The van der Waals surface area contributed by atoms with Crippen molar-refractivity contribution in [1.82, 2.24) is 10.3 Å². The molecule has 0 atom stereocenters. The number of aromatic nitrogens is 1. The van der Waals surface area contributed by atoms with Crippen molar-refractivity contribution in [2.75, 3.05) is 14.1 Å². The Hall–Kier alpha value is -1.87. The molecule has 0 unspecified atom stereocenters. The van der Waals surface area contributed by atoms with Crippen molar-refractivity contribution < 1.29 is 4.74 Å². The van der Waals surface area contributed by atoms with Crippen LogP contribution in [0, 0.1) is 0 Å². The lowest BCUT2D eigenvalue weighted by Crippen LogP contribution is -1.89. The van der Waals surface area contributed by atoms with Crippen LogP contribution in [0.1, 0.15) is 11.1 Å². The van der Waals surface area contributed by atoms with Crippen LogP contribution in [-0.4, -0.2) is 19.1 Å². The van der Waals surface area contributed by atoms with E-state index in [1.165, 1.54) is 11.1 Å². The number of nitrogens with one attached hydrogen (secondary N) is 1. The molecule has 0 bridgehead atoms. The normalized spacial score (nSPS) is 12.1. The number of fused-ring (bicyclic) bond motifs is 2. The minimum absolute atomic E-state index is 0.891. The number of ether oxygens (including phenoxy) is 1. The second kappa shape index (κ2) is 6.17. The highest BCUT2D eigenvalue weighted by Crippen LogP contribution is 2.32. The zero-order valence-electron chi connectivity index (χ0n) is 10.8. The number of rotatable bonds is 0. The van der Waals surface area contributed by atoms with Gasteiger partial charge in [0.05, 0.1) is 6.20 Å². The molecule has 3 heteroatoms. The van der Waals surface area contributed by atoms with Gasteiger partial charge in [-0.05, 0) is 50.2 Å². The van der Waals surface area contributed by atoms with Crippen molar-refractivity contribution in [2.45, 2.75) is 12.8 Å². The number of aryl methyl sites for hydroxylation is 2. The van der Waals surface area contributed by atoms with Crippen LogP contribution in [-0.2, 0) is 12.8 Å². The van der Waals surface area contributed by atoms with Gasteiger partial charge in [-0.1, -0.05) is 18.2 Å². The summed E-state index contributed by atoms with van der Waals surface area (Å²) in [5.41, 5.74) is 2.51. The van der Waals surface area contributed by atoms with Crippen molar-refractivity contribution in [2.24, 2.45) is 0 Å². The third-order valence-electron chi connectivity index (χ3n) is 2.73. The van der Waals surface area contributed by atoms with E-state index in [4.69, 9.17) is 4.74 Å². The number of benzene rings is 1. The molecular formula is C15H18N2O. The predicted octanol–water partition coefficient (Wildman–Crippen LogP) is 2.81. The number of nitrogens with zero attached hydrogens (tertiary/aromatic N) is 1. The summed E-state index contributed by atoms with van der Waals surface area (Å²) < 4.78 is 5.84. The van der Waals surface area contributed by atoms with Crippen LogP contribution in [0.5, 0.6) is 11.5 Å². The molecule has 0 saturated carbocycles. The summed E-state index contributed by atoms with van der Waals surface area (Å²) in [5.74, 6) is 1.85. The molecule has 0 aliphatic carbocycles. The quantitative estimate of drug-likeness (QED) is 0.771. The van der Waals surface area contributed by atoms with E-state index in [0.717, 1.165) is 24.3 Å². The number of para-hydroxylation sites is 1. The molecule has 0 amide bonds. The van der Waals surface area contributed by atoms with E-state index >= 15 is 0 Å². The van der Waals surface area contributed by atoms with Crippen molar-refractivity contribution in [3.63, 3.8) is 0 Å². The summed E-state index contributed by atoms with van der Waals surface area (Å²) in [6.07, 6.45) is 5.66. The largest absolute Gasteiger partial charge is 0.455 e. The molecule has 3 nitrogen and oxygen atoms in total. The van der Waals surface area contributed by atoms with Gasteiger partial charge in [0.25, 0.3) is 0 Å². The Morgan fingerprint density at radius 1 is 1.00 bits per heavy atom. The third-order valence-corrected chi connectivity index (χ3v) is 2.73. The third kappa shape index (κ3) is 2.87. The lowest BCUT2D eigenvalue weighted by Gasteiger charge is -2.06. The van der Waals surface area contributed by atoms with E-state index in [9.17, 15) is 0 Å². The zero-order valence-corrected chi connectivity index (χ0v) is 10.8. The minimum atomic E-state index is 0.891. The second-order valence-corrected chi connectivity index (χ2v) is 4.19. The summed E-state index contributed by atoms with van der Waals surface area (Å²) in [7, 11) is 3.75. The molecule has 0 fully saturated rings. The van der Waals surface area contributed by atoms with E-state index in [0.29, 0.717) is 0 Å². The van der Waals surface area contributed by atoms with Gasteiger partial charge in [-0.25, -0.2) is 0 Å². The van der Waals surface area contributed by atoms with Crippen LogP contribution in [0.2, 0.25) is 0 Å². The van der Waals surface area contributed by atoms with E-state index < -0.39 is 0 Å². The number of hydrogen-bond donors (Lipinski definition) is 1. The molecule has 1 N–H and O–H groups in total. The Labute approximate surface area is 108 Å². The van der Waals surface area contributed by atoms with E-state index in [2.05, 4.69) is 22.4 Å². The molecule has 1 aromatic heterocycles. The van der Waals surface area contributed by atoms with E-state index in [-0.39, 0.29) is 0 Å². The Bertz CT molecular complexity index is 466. The molecule has 2 aromatic rings. The average molecular weight is 242 g/mol. The first-order chi connectivity index (χ1) is 8.85. The molecule has 18 heavy (non-hydrogen) atoms. The summed E-state index contributed by atoms with van der Waals surface area (Å²) in [6, 6.07) is 10.2. The predicted molar refractivity (Wildman–Crippen MR) is 73.1 cm³/mol. The Morgan fingerprint density at radius 2 is 1.67 bits per heavy atom. The molecule has 3 rings (SSSR count). The van der Waals surface area contributed by atoms with Crippen LogP contribution >= 0.6 is 0 Å². The van der Waals surface area contributed by atoms with E-state index in [1.54, 1.807) is 6.20 Å². The molecule has 1 aliphatic heterocycles. The standard InChI is InChI=1S/C13H11NO.C2H7N/c1-2-4-12-10(3-1)5-6-11-7-8-14-9-13(11)15-12;1-3-2/h1-4,7-9H,5-6H2;3H,1-2H3. The van der Waals surface area contributed by atoms with Crippen molar-refractivity contribution in [3.8, 4) is 11.5 Å². The van der Waals surface area contributed by atoms with Gasteiger partial charge in [0.15, 0.2) is 0 Å². The molecule has 2 heterocycles. The van der Waals surface area contributed by atoms with Crippen LogP contribution in [0.15, 0.2) is 42.7 Å². The van der Waals surface area contributed by atoms with E-state index in [1.807, 2.05) is 38.5 Å². The van der Waals surface area contributed by atoms with Crippen LogP contribution < -0.4 is 10.1 Å².